The van der Waals surface area contributed by atoms with Gasteiger partial charge in [-0.05, 0) is 37.0 Å². The maximum absolute atomic E-state index is 12.6. The fraction of sp³-hybridized carbons (Fsp3) is 0.412. The topological polar surface area (TPSA) is 155 Å². The smallest absolute Gasteiger partial charge is 0.260 e. The number of carbonyl (C=O) groups is 1. The van der Waals surface area contributed by atoms with Crippen LogP contribution in [0.3, 0.4) is 0 Å². The second kappa shape index (κ2) is 8.61. The van der Waals surface area contributed by atoms with Gasteiger partial charge in [-0.2, -0.15) is 4.31 Å². The van der Waals surface area contributed by atoms with E-state index in [1.165, 1.54) is 29.0 Å². The number of rotatable bonds is 7. The van der Waals surface area contributed by atoms with Crippen molar-refractivity contribution in [3.63, 3.8) is 0 Å². The van der Waals surface area contributed by atoms with E-state index in [1.54, 1.807) is 12.1 Å². The van der Waals surface area contributed by atoms with Crippen LogP contribution in [-0.2, 0) is 31.3 Å². The Labute approximate surface area is 169 Å². The molecular formula is C17H23N5O5S2. The number of piperidine rings is 1. The first-order valence-electron chi connectivity index (χ1n) is 9.06. The minimum Gasteiger partial charge on any atom is -0.355 e. The number of nitrogens with two attached hydrogens (primary N) is 1. The van der Waals surface area contributed by atoms with Crippen molar-refractivity contribution in [1.29, 1.82) is 0 Å². The molecule has 29 heavy (non-hydrogen) atoms. The summed E-state index contributed by atoms with van der Waals surface area (Å²) in [6.45, 7) is 0.842. The highest BCUT2D eigenvalue weighted by molar-refractivity contribution is 7.89. The van der Waals surface area contributed by atoms with Gasteiger partial charge in [0.1, 0.15) is 0 Å². The van der Waals surface area contributed by atoms with Crippen molar-refractivity contribution in [2.45, 2.75) is 29.2 Å². The molecule has 1 aliphatic rings. The molecule has 1 aliphatic heterocycles. The number of aromatic amines is 1. The molecule has 0 aliphatic carbocycles. The van der Waals surface area contributed by atoms with Gasteiger partial charge in [0.2, 0.25) is 15.9 Å². The van der Waals surface area contributed by atoms with Gasteiger partial charge in [-0.15, -0.1) is 0 Å². The van der Waals surface area contributed by atoms with Gasteiger partial charge in [0.25, 0.3) is 10.0 Å². The van der Waals surface area contributed by atoms with E-state index < -0.39 is 26.0 Å². The monoisotopic (exact) mass is 441 g/mol. The zero-order chi connectivity index (χ0) is 21.1. The van der Waals surface area contributed by atoms with Crippen molar-refractivity contribution in [2.24, 2.45) is 11.1 Å². The minimum absolute atomic E-state index is 0.0153. The summed E-state index contributed by atoms with van der Waals surface area (Å²) in [5, 5.41) is 7.91. The molecule has 12 heteroatoms. The van der Waals surface area contributed by atoms with Gasteiger partial charge in [-0.25, -0.2) is 27.0 Å². The van der Waals surface area contributed by atoms with E-state index in [2.05, 4.69) is 15.3 Å². The van der Waals surface area contributed by atoms with E-state index in [1.807, 2.05) is 0 Å². The summed E-state index contributed by atoms with van der Waals surface area (Å²) in [5.74, 6) is -0.623. The summed E-state index contributed by atoms with van der Waals surface area (Å²) in [5.41, 5.74) is 0.852. The summed E-state index contributed by atoms with van der Waals surface area (Å²) in [6.07, 6.45) is 4.28. The Kier molecular flexibility index (Phi) is 6.36. The van der Waals surface area contributed by atoms with Crippen molar-refractivity contribution >= 4 is 26.0 Å². The third-order valence-electron chi connectivity index (χ3n) is 4.81. The number of hydrogen-bond acceptors (Lipinski definition) is 6. The molecule has 1 amide bonds. The first-order chi connectivity index (χ1) is 13.7. The highest BCUT2D eigenvalue weighted by atomic mass is 32.2. The molecule has 1 aromatic carbocycles. The molecule has 1 fully saturated rings. The molecular weight excluding hydrogens is 418 g/mol. The Hall–Kier alpha value is -2.28. The maximum Gasteiger partial charge on any atom is 0.260 e. The van der Waals surface area contributed by atoms with E-state index in [0.717, 1.165) is 5.56 Å². The van der Waals surface area contributed by atoms with Crippen LogP contribution in [0.15, 0.2) is 46.7 Å². The molecule has 4 N–H and O–H groups in total. The number of carbonyl (C=O) groups excluding carboxylic acids is 1. The lowest BCUT2D eigenvalue weighted by molar-refractivity contribution is -0.126. The molecule has 1 atom stereocenters. The van der Waals surface area contributed by atoms with Gasteiger partial charge < -0.3 is 10.3 Å². The fourth-order valence-electron chi connectivity index (χ4n) is 3.22. The fourth-order valence-corrected chi connectivity index (χ4v) is 5.15. The van der Waals surface area contributed by atoms with Gasteiger partial charge >= 0.3 is 0 Å². The molecule has 0 bridgehead atoms. The summed E-state index contributed by atoms with van der Waals surface area (Å²) in [6, 6.07) is 6.13. The van der Waals surface area contributed by atoms with E-state index in [-0.39, 0.29) is 22.4 Å². The summed E-state index contributed by atoms with van der Waals surface area (Å²) >= 11 is 0. The lowest BCUT2D eigenvalue weighted by Crippen LogP contribution is -2.45. The number of nitrogens with one attached hydrogen (secondary N) is 2. The van der Waals surface area contributed by atoms with Crippen LogP contribution in [0.25, 0.3) is 0 Å². The van der Waals surface area contributed by atoms with E-state index >= 15 is 0 Å². The summed E-state index contributed by atoms with van der Waals surface area (Å²) in [7, 11) is -7.42. The van der Waals surface area contributed by atoms with Crippen molar-refractivity contribution in [2.75, 3.05) is 19.6 Å². The standard InChI is InChI=1S/C17H23N5O5S2/c18-28(24,25)15-5-3-13(4-6-15)7-8-20-17(23)14-2-1-9-22(11-14)29(26,27)16-10-19-12-21-16/h3-6,10,12,14H,1-2,7-9,11H2,(H,19,21)(H,20,23)(H2,18,24,25). The molecule has 3 rings (SSSR count). The van der Waals surface area contributed by atoms with Crippen LogP contribution in [0.1, 0.15) is 18.4 Å². The number of aromatic nitrogens is 2. The lowest BCUT2D eigenvalue weighted by atomic mass is 9.99. The first-order valence-corrected chi connectivity index (χ1v) is 12.0. The molecule has 2 aromatic rings. The van der Waals surface area contributed by atoms with Crippen LogP contribution in [0.5, 0.6) is 0 Å². The van der Waals surface area contributed by atoms with E-state index in [9.17, 15) is 21.6 Å². The highest BCUT2D eigenvalue weighted by Gasteiger charge is 2.33. The van der Waals surface area contributed by atoms with Gasteiger partial charge in [0.05, 0.1) is 23.3 Å². The Morgan fingerprint density at radius 3 is 2.59 bits per heavy atom. The average molecular weight is 442 g/mol. The van der Waals surface area contributed by atoms with Gasteiger partial charge in [-0.1, -0.05) is 12.1 Å². The quantitative estimate of drug-likeness (QED) is 0.541. The number of amides is 1. The lowest BCUT2D eigenvalue weighted by Gasteiger charge is -2.30. The number of primary sulfonamides is 1. The second-order valence-electron chi connectivity index (χ2n) is 6.85. The van der Waals surface area contributed by atoms with Crippen LogP contribution in [-0.4, -0.2) is 56.7 Å². The third kappa shape index (κ3) is 5.21. The minimum atomic E-state index is -3.73. The average Bonchev–Trinajstić information content (AvgIpc) is 3.23. The molecule has 1 unspecified atom stereocenters. The molecule has 1 saturated heterocycles. The van der Waals surface area contributed by atoms with Gasteiger partial charge in [0, 0.05) is 19.6 Å². The number of benzene rings is 1. The van der Waals surface area contributed by atoms with Crippen LogP contribution in [0, 0.1) is 5.92 Å². The molecule has 2 heterocycles. The zero-order valence-electron chi connectivity index (χ0n) is 15.6. The third-order valence-corrected chi connectivity index (χ3v) is 7.53. The van der Waals surface area contributed by atoms with Crippen molar-refractivity contribution in [1.82, 2.24) is 19.6 Å². The molecule has 1 aromatic heterocycles. The van der Waals surface area contributed by atoms with Crippen LogP contribution >= 0.6 is 0 Å². The predicted molar refractivity (Wildman–Crippen MR) is 105 cm³/mol. The maximum atomic E-state index is 12.6. The largest absolute Gasteiger partial charge is 0.355 e. The number of nitrogens with zero attached hydrogens (tertiary/aromatic N) is 2. The molecule has 0 spiro atoms. The number of hydrogen-bond donors (Lipinski definition) is 3. The van der Waals surface area contributed by atoms with Gasteiger partial charge in [-0.3, -0.25) is 4.79 Å². The molecule has 10 nitrogen and oxygen atoms in total. The Morgan fingerprint density at radius 1 is 1.24 bits per heavy atom. The van der Waals surface area contributed by atoms with Gasteiger partial charge in [0.15, 0.2) is 5.03 Å². The predicted octanol–water partition coefficient (Wildman–Crippen LogP) is -0.183. The molecule has 0 saturated carbocycles. The number of H-pyrrole nitrogens is 1. The Balaban J connectivity index is 1.53. The van der Waals surface area contributed by atoms with E-state index in [0.29, 0.717) is 32.4 Å². The Bertz CT molecular complexity index is 1050. The van der Waals surface area contributed by atoms with Crippen molar-refractivity contribution in [3.05, 3.63) is 42.4 Å². The van der Waals surface area contributed by atoms with Crippen molar-refractivity contribution < 1.29 is 21.6 Å². The second-order valence-corrected chi connectivity index (χ2v) is 10.3. The molecule has 158 valence electrons. The first kappa shape index (κ1) is 21.4. The normalized spacial score (nSPS) is 18.4. The summed E-state index contributed by atoms with van der Waals surface area (Å²) < 4.78 is 49.0. The SMILES string of the molecule is NS(=O)(=O)c1ccc(CCNC(=O)C2CCCN(S(=O)(=O)c3cnc[nH]3)C2)cc1. The highest BCUT2D eigenvalue weighted by Crippen LogP contribution is 2.22. The van der Waals surface area contributed by atoms with E-state index in [4.69, 9.17) is 5.14 Å². The number of imidazole rings is 1. The van der Waals surface area contributed by atoms with Crippen LogP contribution in [0.4, 0.5) is 0 Å². The van der Waals surface area contributed by atoms with Crippen LogP contribution < -0.4 is 10.5 Å². The number of sulfonamides is 2. The van der Waals surface area contributed by atoms with Crippen LogP contribution in [0.2, 0.25) is 0 Å². The Morgan fingerprint density at radius 2 is 1.97 bits per heavy atom. The molecule has 0 radical (unpaired) electrons. The zero-order valence-corrected chi connectivity index (χ0v) is 17.2. The summed E-state index contributed by atoms with van der Waals surface area (Å²) in [4.78, 5) is 18.9. The van der Waals surface area contributed by atoms with Crippen molar-refractivity contribution in [3.8, 4) is 0 Å².